The molecule has 2 aromatic carbocycles. The molecule has 2 amide bonds. The second-order valence-corrected chi connectivity index (χ2v) is 8.13. The molecule has 1 aliphatic rings. The first kappa shape index (κ1) is 24.7. The Labute approximate surface area is 199 Å². The van der Waals surface area contributed by atoms with E-state index in [9.17, 15) is 9.59 Å². The van der Waals surface area contributed by atoms with Crippen LogP contribution in [0.3, 0.4) is 0 Å². The zero-order valence-electron chi connectivity index (χ0n) is 19.2. The van der Waals surface area contributed by atoms with Crippen LogP contribution in [-0.2, 0) is 22.6 Å². The van der Waals surface area contributed by atoms with Crippen molar-refractivity contribution in [3.8, 4) is 17.2 Å². The third-order valence-electron chi connectivity index (χ3n) is 5.65. The number of halogens is 1. The highest BCUT2D eigenvalue weighted by molar-refractivity contribution is 6.31. The second-order valence-electron chi connectivity index (χ2n) is 7.72. The molecule has 0 bridgehead atoms. The number of benzene rings is 2. The van der Waals surface area contributed by atoms with E-state index in [0.29, 0.717) is 55.0 Å². The summed E-state index contributed by atoms with van der Waals surface area (Å²) in [5.74, 6) is 1.69. The van der Waals surface area contributed by atoms with Crippen molar-refractivity contribution in [1.82, 2.24) is 15.1 Å². The summed E-state index contributed by atoms with van der Waals surface area (Å²) < 4.78 is 16.0. The van der Waals surface area contributed by atoms with Gasteiger partial charge < -0.3 is 24.4 Å². The first-order valence-electron chi connectivity index (χ1n) is 10.7. The van der Waals surface area contributed by atoms with Crippen molar-refractivity contribution < 1.29 is 23.8 Å². The van der Waals surface area contributed by atoms with Crippen LogP contribution >= 0.6 is 11.6 Å². The number of hydrogen-bond acceptors (Lipinski definition) is 6. The topological polar surface area (TPSA) is 80.3 Å². The maximum absolute atomic E-state index is 12.6. The van der Waals surface area contributed by atoms with E-state index in [1.165, 1.54) is 0 Å². The number of carbonyl (C=O) groups excluding carboxylic acids is 2. The maximum Gasteiger partial charge on any atom is 0.234 e. The lowest BCUT2D eigenvalue weighted by Crippen LogP contribution is -2.51. The molecular weight excluding hydrogens is 446 g/mol. The first-order chi connectivity index (χ1) is 15.9. The van der Waals surface area contributed by atoms with E-state index in [0.717, 1.165) is 11.1 Å². The lowest BCUT2D eigenvalue weighted by molar-refractivity contribution is -0.132. The molecule has 1 heterocycles. The molecule has 0 spiro atoms. The molecule has 9 heteroatoms. The predicted octanol–water partition coefficient (Wildman–Crippen LogP) is 2.37. The molecule has 0 unspecified atom stereocenters. The molecule has 0 aromatic heterocycles. The van der Waals surface area contributed by atoms with E-state index < -0.39 is 0 Å². The standard InChI is InChI=1S/C24H30ClN3O5/c1-31-20-14-22(33-3)21(32-2)12-18(20)15-26-23(29)16-27-8-10-28(11-9-27)24(30)13-17-6-4-5-7-19(17)25/h4-7,12,14H,8-11,13,15-16H2,1-3H3,(H,26,29). The Morgan fingerprint density at radius 2 is 1.55 bits per heavy atom. The van der Waals surface area contributed by atoms with Crippen LogP contribution in [0.25, 0.3) is 0 Å². The molecule has 1 N–H and O–H groups in total. The average Bonchev–Trinajstić information content (AvgIpc) is 2.83. The van der Waals surface area contributed by atoms with Crippen molar-refractivity contribution >= 4 is 23.4 Å². The van der Waals surface area contributed by atoms with E-state index >= 15 is 0 Å². The molecule has 0 atom stereocenters. The third-order valence-corrected chi connectivity index (χ3v) is 6.02. The Kier molecular flexibility index (Phi) is 8.79. The number of carbonyl (C=O) groups is 2. The molecule has 178 valence electrons. The Bertz CT molecular complexity index is 977. The van der Waals surface area contributed by atoms with Crippen LogP contribution in [0, 0.1) is 0 Å². The van der Waals surface area contributed by atoms with Gasteiger partial charge in [-0.15, -0.1) is 0 Å². The summed E-state index contributed by atoms with van der Waals surface area (Å²) in [6.07, 6.45) is 0.285. The number of methoxy groups -OCH3 is 3. The summed E-state index contributed by atoms with van der Waals surface area (Å²) in [6, 6.07) is 10.9. The molecule has 0 saturated carbocycles. The first-order valence-corrected chi connectivity index (χ1v) is 11.1. The molecule has 3 rings (SSSR count). The van der Waals surface area contributed by atoms with Gasteiger partial charge in [-0.05, 0) is 17.7 Å². The van der Waals surface area contributed by atoms with Crippen LogP contribution < -0.4 is 19.5 Å². The van der Waals surface area contributed by atoms with Gasteiger partial charge in [-0.2, -0.15) is 0 Å². The highest BCUT2D eigenvalue weighted by atomic mass is 35.5. The van der Waals surface area contributed by atoms with Crippen molar-refractivity contribution in [3.63, 3.8) is 0 Å². The smallest absolute Gasteiger partial charge is 0.234 e. The van der Waals surface area contributed by atoms with Gasteiger partial charge in [0.05, 0.1) is 34.3 Å². The van der Waals surface area contributed by atoms with E-state index in [1.807, 2.05) is 28.0 Å². The van der Waals surface area contributed by atoms with Gasteiger partial charge in [0.15, 0.2) is 11.5 Å². The van der Waals surface area contributed by atoms with Crippen LogP contribution in [0.5, 0.6) is 17.2 Å². The van der Waals surface area contributed by atoms with Crippen molar-refractivity contribution in [3.05, 3.63) is 52.5 Å². The van der Waals surface area contributed by atoms with Crippen LogP contribution in [0.15, 0.2) is 36.4 Å². The molecule has 1 aliphatic heterocycles. The van der Waals surface area contributed by atoms with Gasteiger partial charge in [0, 0.05) is 49.4 Å². The molecule has 1 fully saturated rings. The highest BCUT2D eigenvalue weighted by Gasteiger charge is 2.23. The normalized spacial score (nSPS) is 14.0. The van der Waals surface area contributed by atoms with Gasteiger partial charge in [-0.3, -0.25) is 14.5 Å². The Hall–Kier alpha value is -2.97. The van der Waals surface area contributed by atoms with Gasteiger partial charge in [0.1, 0.15) is 5.75 Å². The monoisotopic (exact) mass is 475 g/mol. The number of nitrogens with one attached hydrogen (secondary N) is 1. The predicted molar refractivity (Wildman–Crippen MR) is 126 cm³/mol. The van der Waals surface area contributed by atoms with Crippen LogP contribution in [0.4, 0.5) is 0 Å². The quantitative estimate of drug-likeness (QED) is 0.599. The fourth-order valence-corrected chi connectivity index (χ4v) is 3.96. The average molecular weight is 476 g/mol. The van der Waals surface area contributed by atoms with Crippen molar-refractivity contribution in [2.75, 3.05) is 54.1 Å². The zero-order chi connectivity index (χ0) is 23.8. The number of amides is 2. The van der Waals surface area contributed by atoms with Gasteiger partial charge in [0.2, 0.25) is 11.8 Å². The molecule has 2 aromatic rings. The molecule has 33 heavy (non-hydrogen) atoms. The lowest BCUT2D eigenvalue weighted by atomic mass is 10.1. The number of rotatable bonds is 9. The van der Waals surface area contributed by atoms with E-state index in [2.05, 4.69) is 5.32 Å². The third kappa shape index (κ3) is 6.52. The lowest BCUT2D eigenvalue weighted by Gasteiger charge is -2.34. The van der Waals surface area contributed by atoms with Crippen LogP contribution in [0.1, 0.15) is 11.1 Å². The van der Waals surface area contributed by atoms with Gasteiger partial charge in [0.25, 0.3) is 0 Å². The summed E-state index contributed by atoms with van der Waals surface area (Å²) in [6.45, 7) is 3.02. The number of piperazine rings is 1. The zero-order valence-corrected chi connectivity index (χ0v) is 20.0. The van der Waals surface area contributed by atoms with Crippen molar-refractivity contribution in [2.24, 2.45) is 0 Å². The van der Waals surface area contributed by atoms with Crippen LogP contribution in [-0.4, -0.2) is 75.7 Å². The van der Waals surface area contributed by atoms with Gasteiger partial charge in [-0.1, -0.05) is 29.8 Å². The van der Waals surface area contributed by atoms with E-state index in [1.54, 1.807) is 39.5 Å². The summed E-state index contributed by atoms with van der Waals surface area (Å²) in [5.41, 5.74) is 1.62. The summed E-state index contributed by atoms with van der Waals surface area (Å²) in [5, 5.41) is 3.53. The fourth-order valence-electron chi connectivity index (χ4n) is 3.76. The summed E-state index contributed by atoms with van der Waals surface area (Å²) >= 11 is 6.17. The molecule has 0 radical (unpaired) electrons. The highest BCUT2D eigenvalue weighted by Crippen LogP contribution is 2.34. The van der Waals surface area contributed by atoms with E-state index in [-0.39, 0.29) is 24.8 Å². The van der Waals surface area contributed by atoms with Gasteiger partial charge >= 0.3 is 0 Å². The van der Waals surface area contributed by atoms with Gasteiger partial charge in [-0.25, -0.2) is 0 Å². The number of nitrogens with zero attached hydrogens (tertiary/aromatic N) is 2. The second kappa shape index (κ2) is 11.8. The molecule has 1 saturated heterocycles. The fraction of sp³-hybridized carbons (Fsp3) is 0.417. The van der Waals surface area contributed by atoms with Crippen molar-refractivity contribution in [1.29, 1.82) is 0 Å². The Morgan fingerprint density at radius 3 is 2.18 bits per heavy atom. The molecule has 8 nitrogen and oxygen atoms in total. The largest absolute Gasteiger partial charge is 0.496 e. The minimum atomic E-state index is -0.0947. The Balaban J connectivity index is 1.47. The van der Waals surface area contributed by atoms with Crippen LogP contribution in [0.2, 0.25) is 5.02 Å². The van der Waals surface area contributed by atoms with Crippen molar-refractivity contribution in [2.45, 2.75) is 13.0 Å². The number of ether oxygens (including phenoxy) is 3. The summed E-state index contributed by atoms with van der Waals surface area (Å²) in [7, 11) is 4.69. The Morgan fingerprint density at radius 1 is 0.909 bits per heavy atom. The minimum absolute atomic E-state index is 0.0488. The van der Waals surface area contributed by atoms with E-state index in [4.69, 9.17) is 25.8 Å². The molecular formula is C24H30ClN3O5. The number of hydrogen-bond donors (Lipinski definition) is 1. The molecule has 0 aliphatic carbocycles. The minimum Gasteiger partial charge on any atom is -0.496 e. The maximum atomic E-state index is 12.6. The SMILES string of the molecule is COc1cc(OC)c(OC)cc1CNC(=O)CN1CCN(C(=O)Cc2ccccc2Cl)CC1. The summed E-state index contributed by atoms with van der Waals surface area (Å²) in [4.78, 5) is 29.0.